The van der Waals surface area contributed by atoms with Crippen LogP contribution in [0.4, 0.5) is 5.13 Å². The Hall–Kier alpha value is -1.14. The molecule has 0 spiro atoms. The summed E-state index contributed by atoms with van der Waals surface area (Å²) in [7, 11) is 0. The molecule has 1 aromatic rings. The molecule has 3 N–H and O–H groups in total. The third-order valence-corrected chi connectivity index (χ3v) is 3.00. The molecule has 15 heavy (non-hydrogen) atoms. The number of amides is 1. The number of carbonyl (C=O) groups is 1. The van der Waals surface area contributed by atoms with Crippen molar-refractivity contribution in [2.75, 3.05) is 18.9 Å². The standard InChI is InChI=1S/C9H13N3O2S/c10-9-11-7(5-15-9)8(14)12(3-4-13)6-1-2-6/h5-6,13H,1-4H2,(H2,10,11). The van der Waals surface area contributed by atoms with Gasteiger partial charge in [0.15, 0.2) is 5.13 Å². The van der Waals surface area contributed by atoms with Crippen LogP contribution in [0.5, 0.6) is 0 Å². The first kappa shape index (κ1) is 10.4. The van der Waals surface area contributed by atoms with E-state index in [2.05, 4.69) is 4.98 Å². The van der Waals surface area contributed by atoms with Crippen LogP contribution in [0.15, 0.2) is 5.38 Å². The Morgan fingerprint density at radius 2 is 2.47 bits per heavy atom. The number of thiazole rings is 1. The van der Waals surface area contributed by atoms with Crippen molar-refractivity contribution in [3.63, 3.8) is 0 Å². The van der Waals surface area contributed by atoms with E-state index in [0.717, 1.165) is 12.8 Å². The van der Waals surface area contributed by atoms with E-state index in [1.807, 2.05) is 0 Å². The molecule has 82 valence electrons. The molecule has 1 amide bonds. The molecule has 0 unspecified atom stereocenters. The van der Waals surface area contributed by atoms with Gasteiger partial charge in [-0.1, -0.05) is 0 Å². The molecule has 5 nitrogen and oxygen atoms in total. The molecule has 0 saturated heterocycles. The molecule has 0 bridgehead atoms. The third-order valence-electron chi connectivity index (χ3n) is 2.33. The Labute approximate surface area is 91.5 Å². The van der Waals surface area contributed by atoms with Crippen molar-refractivity contribution < 1.29 is 9.90 Å². The number of carbonyl (C=O) groups excluding carboxylic acids is 1. The number of hydrogen-bond donors (Lipinski definition) is 2. The van der Waals surface area contributed by atoms with Crippen LogP contribution in [0.25, 0.3) is 0 Å². The molecular weight excluding hydrogens is 214 g/mol. The first-order valence-electron chi connectivity index (χ1n) is 4.85. The molecule has 1 aliphatic carbocycles. The van der Waals surface area contributed by atoms with Crippen molar-refractivity contribution in [1.29, 1.82) is 0 Å². The highest BCUT2D eigenvalue weighted by Gasteiger charge is 2.33. The number of aliphatic hydroxyl groups is 1. The van der Waals surface area contributed by atoms with Gasteiger partial charge >= 0.3 is 0 Å². The first-order valence-corrected chi connectivity index (χ1v) is 5.73. The van der Waals surface area contributed by atoms with Crippen LogP contribution in [-0.2, 0) is 0 Å². The van der Waals surface area contributed by atoms with Gasteiger partial charge in [0.1, 0.15) is 5.69 Å². The maximum Gasteiger partial charge on any atom is 0.273 e. The number of anilines is 1. The quantitative estimate of drug-likeness (QED) is 0.776. The van der Waals surface area contributed by atoms with E-state index in [-0.39, 0.29) is 18.6 Å². The summed E-state index contributed by atoms with van der Waals surface area (Å²) in [5, 5.41) is 10.9. The van der Waals surface area contributed by atoms with Gasteiger partial charge in [-0.3, -0.25) is 4.79 Å². The SMILES string of the molecule is Nc1nc(C(=O)N(CCO)C2CC2)cs1. The summed E-state index contributed by atoms with van der Waals surface area (Å²) in [6, 6.07) is 0.285. The molecule has 0 aliphatic heterocycles. The molecule has 0 aromatic carbocycles. The molecule has 1 heterocycles. The lowest BCUT2D eigenvalue weighted by Gasteiger charge is -2.19. The fourth-order valence-corrected chi connectivity index (χ4v) is 2.01. The summed E-state index contributed by atoms with van der Waals surface area (Å²) in [6.45, 7) is 0.364. The summed E-state index contributed by atoms with van der Waals surface area (Å²) < 4.78 is 0. The minimum atomic E-state index is -0.125. The summed E-state index contributed by atoms with van der Waals surface area (Å²) >= 11 is 1.26. The van der Waals surface area contributed by atoms with E-state index in [1.54, 1.807) is 10.3 Å². The van der Waals surface area contributed by atoms with E-state index in [1.165, 1.54) is 11.3 Å². The van der Waals surface area contributed by atoms with Crippen molar-refractivity contribution in [2.24, 2.45) is 0 Å². The Balaban J connectivity index is 2.10. The fraction of sp³-hybridized carbons (Fsp3) is 0.556. The number of nitrogens with two attached hydrogens (primary N) is 1. The van der Waals surface area contributed by atoms with Crippen LogP contribution < -0.4 is 5.73 Å². The van der Waals surface area contributed by atoms with Crippen LogP contribution >= 0.6 is 11.3 Å². The number of rotatable bonds is 4. The zero-order valence-corrected chi connectivity index (χ0v) is 9.04. The predicted octanol–water partition coefficient (Wildman–Crippen LogP) is 0.322. The van der Waals surface area contributed by atoms with Gasteiger partial charge < -0.3 is 15.7 Å². The van der Waals surface area contributed by atoms with E-state index < -0.39 is 0 Å². The van der Waals surface area contributed by atoms with Crippen LogP contribution in [0.3, 0.4) is 0 Å². The lowest BCUT2D eigenvalue weighted by Crippen LogP contribution is -2.35. The van der Waals surface area contributed by atoms with Gasteiger partial charge in [0.25, 0.3) is 5.91 Å². The topological polar surface area (TPSA) is 79.5 Å². The second-order valence-electron chi connectivity index (χ2n) is 3.52. The maximum atomic E-state index is 11.9. The van der Waals surface area contributed by atoms with Crippen molar-refractivity contribution in [3.8, 4) is 0 Å². The minimum Gasteiger partial charge on any atom is -0.395 e. The van der Waals surface area contributed by atoms with E-state index in [9.17, 15) is 4.79 Å². The zero-order valence-electron chi connectivity index (χ0n) is 8.22. The average molecular weight is 227 g/mol. The van der Waals surface area contributed by atoms with Gasteiger partial charge in [0.2, 0.25) is 0 Å². The highest BCUT2D eigenvalue weighted by molar-refractivity contribution is 7.13. The molecule has 1 aliphatic rings. The van der Waals surface area contributed by atoms with Crippen molar-refractivity contribution in [2.45, 2.75) is 18.9 Å². The molecule has 1 aromatic heterocycles. The van der Waals surface area contributed by atoms with Gasteiger partial charge in [-0.2, -0.15) is 0 Å². The van der Waals surface area contributed by atoms with Gasteiger partial charge in [-0.25, -0.2) is 4.98 Å². The normalized spacial score (nSPS) is 15.3. The number of aliphatic hydroxyl groups excluding tert-OH is 1. The van der Waals surface area contributed by atoms with Gasteiger partial charge in [-0.05, 0) is 12.8 Å². The van der Waals surface area contributed by atoms with Crippen molar-refractivity contribution in [3.05, 3.63) is 11.1 Å². The zero-order chi connectivity index (χ0) is 10.8. The molecule has 6 heteroatoms. The lowest BCUT2D eigenvalue weighted by atomic mass is 10.3. The van der Waals surface area contributed by atoms with Gasteiger partial charge in [0.05, 0.1) is 6.61 Å². The Kier molecular flexibility index (Phi) is 2.88. The molecule has 1 saturated carbocycles. The summed E-state index contributed by atoms with van der Waals surface area (Å²) in [5.74, 6) is -0.125. The van der Waals surface area contributed by atoms with Crippen LogP contribution in [0.2, 0.25) is 0 Å². The van der Waals surface area contributed by atoms with Crippen molar-refractivity contribution in [1.82, 2.24) is 9.88 Å². The third kappa shape index (κ3) is 2.27. The smallest absolute Gasteiger partial charge is 0.273 e. The number of nitrogens with zero attached hydrogens (tertiary/aromatic N) is 2. The predicted molar refractivity (Wildman–Crippen MR) is 57.7 cm³/mol. The fourth-order valence-electron chi connectivity index (χ4n) is 1.48. The molecule has 1 fully saturated rings. The summed E-state index contributed by atoms with van der Waals surface area (Å²) in [6.07, 6.45) is 2.04. The highest BCUT2D eigenvalue weighted by Crippen LogP contribution is 2.28. The molecule has 0 radical (unpaired) electrons. The average Bonchev–Trinajstić information content (AvgIpc) is 2.96. The van der Waals surface area contributed by atoms with Gasteiger partial charge in [-0.15, -0.1) is 11.3 Å². The monoisotopic (exact) mass is 227 g/mol. The van der Waals surface area contributed by atoms with Crippen molar-refractivity contribution >= 4 is 22.4 Å². The second kappa shape index (κ2) is 4.16. The maximum absolute atomic E-state index is 11.9. The van der Waals surface area contributed by atoms with Gasteiger partial charge in [0, 0.05) is 18.0 Å². The van der Waals surface area contributed by atoms with Crippen LogP contribution in [0.1, 0.15) is 23.3 Å². The summed E-state index contributed by atoms with van der Waals surface area (Å²) in [4.78, 5) is 17.6. The molecular formula is C9H13N3O2S. The largest absolute Gasteiger partial charge is 0.395 e. The number of hydrogen-bond acceptors (Lipinski definition) is 5. The Morgan fingerprint density at radius 1 is 1.73 bits per heavy atom. The second-order valence-corrected chi connectivity index (χ2v) is 4.41. The van der Waals surface area contributed by atoms with Crippen LogP contribution in [0, 0.1) is 0 Å². The number of nitrogen functional groups attached to an aromatic ring is 1. The Bertz CT molecular complexity index is 362. The van der Waals surface area contributed by atoms with E-state index >= 15 is 0 Å². The number of aromatic nitrogens is 1. The van der Waals surface area contributed by atoms with E-state index in [0.29, 0.717) is 17.4 Å². The Morgan fingerprint density at radius 3 is 2.93 bits per heavy atom. The summed E-state index contributed by atoms with van der Waals surface area (Å²) in [5.41, 5.74) is 5.86. The lowest BCUT2D eigenvalue weighted by molar-refractivity contribution is 0.0702. The highest BCUT2D eigenvalue weighted by atomic mass is 32.1. The molecule has 2 rings (SSSR count). The minimum absolute atomic E-state index is 0.0120. The molecule has 0 atom stereocenters. The first-order chi connectivity index (χ1) is 7.22. The van der Waals surface area contributed by atoms with Crippen LogP contribution in [-0.4, -0.2) is 40.1 Å². The van der Waals surface area contributed by atoms with E-state index in [4.69, 9.17) is 10.8 Å².